The molecule has 1 aromatic heterocycles. The molecule has 2 rings (SSSR count). The zero-order valence-corrected chi connectivity index (χ0v) is 16.4. The number of carbonyl (C=O) groups excluding carboxylic acids is 2. The second kappa shape index (κ2) is 9.14. The Labute approximate surface area is 158 Å². The Kier molecular flexibility index (Phi) is 7.16. The van der Waals surface area contributed by atoms with Crippen LogP contribution in [0.4, 0.5) is 5.95 Å². The third-order valence-corrected chi connectivity index (χ3v) is 4.27. The van der Waals surface area contributed by atoms with Gasteiger partial charge in [0.05, 0.1) is 24.4 Å². The largest absolute Gasteiger partial charge is 0.378 e. The van der Waals surface area contributed by atoms with Crippen molar-refractivity contribution in [2.24, 2.45) is 5.92 Å². The highest BCUT2D eigenvalue weighted by Gasteiger charge is 2.26. The van der Waals surface area contributed by atoms with Gasteiger partial charge in [-0.2, -0.15) is 0 Å². The molecule has 0 aromatic carbocycles. The summed E-state index contributed by atoms with van der Waals surface area (Å²) in [6.45, 7) is 6.46. The fraction of sp³-hybridized carbons (Fsp3) is 0.647. The molecule has 0 bridgehead atoms. The van der Waals surface area contributed by atoms with E-state index in [2.05, 4.69) is 15.3 Å². The number of nitrogens with one attached hydrogen (secondary N) is 1. The topological polar surface area (TPSA) is 87.7 Å². The standard InChI is InChI=1S/C17H26ClN5O3/c1-11(2)9-13(16(25)22(3)4)20-15(24)14-12(18)10-19-17(21-14)23-5-7-26-8-6-23/h10-11,13H,5-9H2,1-4H3,(H,20,24)/t13-/m0/s1. The van der Waals surface area contributed by atoms with Crippen LogP contribution in [0.5, 0.6) is 0 Å². The van der Waals surface area contributed by atoms with Crippen molar-refractivity contribution in [3.8, 4) is 0 Å². The van der Waals surface area contributed by atoms with E-state index in [0.717, 1.165) is 0 Å². The summed E-state index contributed by atoms with van der Waals surface area (Å²) in [6, 6.07) is -0.629. The normalized spacial score (nSPS) is 15.7. The van der Waals surface area contributed by atoms with E-state index in [1.807, 2.05) is 18.7 Å². The molecule has 1 aliphatic rings. The number of amides is 2. The minimum atomic E-state index is -0.629. The molecule has 1 fully saturated rings. The van der Waals surface area contributed by atoms with Crippen molar-refractivity contribution in [3.63, 3.8) is 0 Å². The molecular weight excluding hydrogens is 358 g/mol. The SMILES string of the molecule is CC(C)C[C@H](NC(=O)c1nc(N2CCOCC2)ncc1Cl)C(=O)N(C)C. The van der Waals surface area contributed by atoms with Gasteiger partial charge in [-0.1, -0.05) is 25.4 Å². The van der Waals surface area contributed by atoms with Gasteiger partial charge >= 0.3 is 0 Å². The van der Waals surface area contributed by atoms with Crippen molar-refractivity contribution in [2.45, 2.75) is 26.3 Å². The van der Waals surface area contributed by atoms with Crippen LogP contribution in [0.25, 0.3) is 0 Å². The van der Waals surface area contributed by atoms with Crippen molar-refractivity contribution < 1.29 is 14.3 Å². The van der Waals surface area contributed by atoms with E-state index in [-0.39, 0.29) is 22.5 Å². The maximum absolute atomic E-state index is 12.7. The summed E-state index contributed by atoms with van der Waals surface area (Å²) < 4.78 is 5.32. The van der Waals surface area contributed by atoms with Crippen LogP contribution < -0.4 is 10.2 Å². The van der Waals surface area contributed by atoms with Crippen molar-refractivity contribution in [2.75, 3.05) is 45.3 Å². The van der Waals surface area contributed by atoms with Gasteiger partial charge in [0.15, 0.2) is 5.69 Å². The number of hydrogen-bond acceptors (Lipinski definition) is 6. The van der Waals surface area contributed by atoms with E-state index in [1.165, 1.54) is 11.1 Å². The van der Waals surface area contributed by atoms with Crippen LogP contribution in [0.3, 0.4) is 0 Å². The summed E-state index contributed by atoms with van der Waals surface area (Å²) in [6.07, 6.45) is 1.95. The molecule has 0 aliphatic carbocycles. The summed E-state index contributed by atoms with van der Waals surface area (Å²) in [7, 11) is 3.33. The van der Waals surface area contributed by atoms with Crippen molar-refractivity contribution in [1.82, 2.24) is 20.2 Å². The summed E-state index contributed by atoms with van der Waals surface area (Å²) in [5.74, 6) is 0.0366. The third kappa shape index (κ3) is 5.28. The van der Waals surface area contributed by atoms with Gasteiger partial charge in [0.25, 0.3) is 5.91 Å². The van der Waals surface area contributed by atoms with Gasteiger partial charge < -0.3 is 19.9 Å². The quantitative estimate of drug-likeness (QED) is 0.794. The van der Waals surface area contributed by atoms with Crippen LogP contribution in [-0.2, 0) is 9.53 Å². The second-order valence-corrected chi connectivity index (χ2v) is 7.26. The van der Waals surface area contributed by atoms with E-state index in [4.69, 9.17) is 16.3 Å². The Balaban J connectivity index is 2.19. The first-order chi connectivity index (χ1) is 12.3. The fourth-order valence-corrected chi connectivity index (χ4v) is 2.84. The molecule has 26 heavy (non-hydrogen) atoms. The molecule has 1 N–H and O–H groups in total. The van der Waals surface area contributed by atoms with Gasteiger partial charge in [0, 0.05) is 27.2 Å². The lowest BCUT2D eigenvalue weighted by molar-refractivity contribution is -0.131. The van der Waals surface area contributed by atoms with Crippen LogP contribution in [0.2, 0.25) is 5.02 Å². The number of morpholine rings is 1. The van der Waals surface area contributed by atoms with Crippen LogP contribution >= 0.6 is 11.6 Å². The molecule has 1 aliphatic heterocycles. The predicted molar refractivity (Wildman–Crippen MR) is 99.5 cm³/mol. The zero-order valence-electron chi connectivity index (χ0n) is 15.7. The first kappa shape index (κ1) is 20.4. The van der Waals surface area contributed by atoms with Gasteiger partial charge in [0.1, 0.15) is 6.04 Å². The average Bonchev–Trinajstić information content (AvgIpc) is 2.61. The molecule has 8 nitrogen and oxygen atoms in total. The maximum atomic E-state index is 12.7. The number of ether oxygens (including phenoxy) is 1. The molecule has 0 saturated carbocycles. The number of carbonyl (C=O) groups is 2. The smallest absolute Gasteiger partial charge is 0.272 e. The minimum Gasteiger partial charge on any atom is -0.378 e. The Morgan fingerprint density at radius 1 is 1.35 bits per heavy atom. The molecule has 2 amide bonds. The minimum absolute atomic E-state index is 0.0727. The van der Waals surface area contributed by atoms with E-state index in [9.17, 15) is 9.59 Å². The molecule has 144 valence electrons. The number of likely N-dealkylation sites (N-methyl/N-ethyl adjacent to an activating group) is 1. The van der Waals surface area contributed by atoms with Crippen molar-refractivity contribution in [1.29, 1.82) is 0 Å². The maximum Gasteiger partial charge on any atom is 0.272 e. The Bertz CT molecular complexity index is 647. The first-order valence-electron chi connectivity index (χ1n) is 8.66. The molecule has 1 saturated heterocycles. The number of rotatable bonds is 6. The van der Waals surface area contributed by atoms with E-state index in [1.54, 1.807) is 14.1 Å². The van der Waals surface area contributed by atoms with Crippen LogP contribution in [0.15, 0.2) is 6.20 Å². The van der Waals surface area contributed by atoms with E-state index < -0.39 is 11.9 Å². The van der Waals surface area contributed by atoms with Gasteiger partial charge in [-0.05, 0) is 12.3 Å². The van der Waals surface area contributed by atoms with E-state index >= 15 is 0 Å². The lowest BCUT2D eigenvalue weighted by atomic mass is 10.0. The number of aromatic nitrogens is 2. The molecule has 0 spiro atoms. The fourth-order valence-electron chi connectivity index (χ4n) is 2.66. The summed E-state index contributed by atoms with van der Waals surface area (Å²) in [4.78, 5) is 37.0. The van der Waals surface area contributed by atoms with Gasteiger partial charge in [-0.3, -0.25) is 9.59 Å². The molecule has 2 heterocycles. The average molecular weight is 384 g/mol. The lowest BCUT2D eigenvalue weighted by Crippen LogP contribution is -2.47. The summed E-state index contributed by atoms with van der Waals surface area (Å²) >= 11 is 6.14. The third-order valence-electron chi connectivity index (χ3n) is 3.99. The lowest BCUT2D eigenvalue weighted by Gasteiger charge is -2.27. The van der Waals surface area contributed by atoms with Crippen molar-refractivity contribution in [3.05, 3.63) is 16.9 Å². The summed E-state index contributed by atoms with van der Waals surface area (Å²) in [5.41, 5.74) is 0.0727. The number of hydrogen-bond donors (Lipinski definition) is 1. The van der Waals surface area contributed by atoms with E-state index in [0.29, 0.717) is 38.7 Å². The van der Waals surface area contributed by atoms with Gasteiger partial charge in [-0.25, -0.2) is 9.97 Å². The van der Waals surface area contributed by atoms with Crippen LogP contribution in [0, 0.1) is 5.92 Å². The molecule has 1 atom stereocenters. The Morgan fingerprint density at radius 2 is 2.00 bits per heavy atom. The Morgan fingerprint density at radius 3 is 2.58 bits per heavy atom. The molecular formula is C17H26ClN5O3. The highest BCUT2D eigenvalue weighted by atomic mass is 35.5. The van der Waals surface area contributed by atoms with Gasteiger partial charge in [0.2, 0.25) is 11.9 Å². The highest BCUT2D eigenvalue weighted by molar-refractivity contribution is 6.33. The van der Waals surface area contributed by atoms with Crippen LogP contribution in [0.1, 0.15) is 30.8 Å². The van der Waals surface area contributed by atoms with Crippen LogP contribution in [-0.4, -0.2) is 73.1 Å². The predicted octanol–water partition coefficient (Wildman–Crippen LogP) is 1.20. The molecule has 1 aromatic rings. The van der Waals surface area contributed by atoms with Gasteiger partial charge in [-0.15, -0.1) is 0 Å². The molecule has 0 radical (unpaired) electrons. The summed E-state index contributed by atoms with van der Waals surface area (Å²) in [5, 5.41) is 2.92. The molecule has 9 heteroatoms. The Hall–Kier alpha value is -1.93. The number of anilines is 1. The second-order valence-electron chi connectivity index (χ2n) is 6.85. The van der Waals surface area contributed by atoms with Crippen molar-refractivity contribution >= 4 is 29.4 Å². The highest BCUT2D eigenvalue weighted by Crippen LogP contribution is 2.18. The monoisotopic (exact) mass is 383 g/mol. The number of halogens is 1. The number of nitrogens with zero attached hydrogens (tertiary/aromatic N) is 4. The first-order valence-corrected chi connectivity index (χ1v) is 9.04. The zero-order chi connectivity index (χ0) is 19.3. The molecule has 0 unspecified atom stereocenters.